The van der Waals surface area contributed by atoms with E-state index in [1.54, 1.807) is 11.3 Å². The van der Waals surface area contributed by atoms with Crippen LogP contribution in [0.4, 0.5) is 0 Å². The average molecular weight is 403 g/mol. The molecule has 5 rings (SSSR count). The second-order valence-corrected chi connectivity index (χ2v) is 8.80. The second kappa shape index (κ2) is 8.52. The summed E-state index contributed by atoms with van der Waals surface area (Å²) in [4.78, 5) is 4.34. The van der Waals surface area contributed by atoms with Gasteiger partial charge in [0.1, 0.15) is 5.75 Å². The van der Waals surface area contributed by atoms with Crippen LogP contribution in [0.15, 0.2) is 66.2 Å². The number of hydrogen-bond donors (Lipinski definition) is 1. The number of thiazole rings is 1. The summed E-state index contributed by atoms with van der Waals surface area (Å²) in [6.45, 7) is 2.95. The molecule has 1 saturated carbocycles. The lowest BCUT2D eigenvalue weighted by Gasteiger charge is -2.08. The summed E-state index contributed by atoms with van der Waals surface area (Å²) in [6, 6.07) is 21.6. The van der Waals surface area contributed by atoms with Crippen molar-refractivity contribution in [3.8, 4) is 5.75 Å². The summed E-state index contributed by atoms with van der Waals surface area (Å²) in [5.74, 6) is 2.42. The molecule has 0 saturated heterocycles. The predicted molar refractivity (Wildman–Crippen MR) is 122 cm³/mol. The smallest absolute Gasteiger partial charge is 0.121 e. The Morgan fingerprint density at radius 2 is 1.97 bits per heavy atom. The third-order valence-corrected chi connectivity index (χ3v) is 6.68. The molecule has 148 valence electrons. The Balaban J connectivity index is 1.01. The van der Waals surface area contributed by atoms with Crippen LogP contribution in [0.25, 0.3) is 21.0 Å². The van der Waals surface area contributed by atoms with E-state index in [1.165, 1.54) is 27.5 Å². The van der Waals surface area contributed by atoms with Crippen molar-refractivity contribution in [2.24, 2.45) is 5.92 Å². The Morgan fingerprint density at radius 1 is 1.03 bits per heavy atom. The molecule has 1 aliphatic carbocycles. The molecular weight excluding hydrogens is 376 g/mol. The zero-order valence-electron chi connectivity index (χ0n) is 16.5. The van der Waals surface area contributed by atoms with E-state index in [9.17, 15) is 0 Å². The van der Waals surface area contributed by atoms with Crippen molar-refractivity contribution >= 4 is 32.3 Å². The van der Waals surface area contributed by atoms with Crippen molar-refractivity contribution < 1.29 is 4.74 Å². The van der Waals surface area contributed by atoms with E-state index in [0.29, 0.717) is 0 Å². The van der Waals surface area contributed by atoms with Gasteiger partial charge in [0.2, 0.25) is 0 Å². The quantitative estimate of drug-likeness (QED) is 0.349. The maximum atomic E-state index is 5.88. The molecule has 1 heterocycles. The molecule has 29 heavy (non-hydrogen) atoms. The van der Waals surface area contributed by atoms with Gasteiger partial charge in [-0.3, -0.25) is 0 Å². The highest BCUT2D eigenvalue weighted by Crippen LogP contribution is 2.48. The Bertz CT molecular complexity index is 1100. The summed E-state index contributed by atoms with van der Waals surface area (Å²) >= 11 is 1.66. The molecule has 1 fully saturated rings. The molecule has 0 amide bonds. The summed E-state index contributed by atoms with van der Waals surface area (Å²) in [7, 11) is 0. The van der Waals surface area contributed by atoms with Gasteiger partial charge < -0.3 is 10.1 Å². The van der Waals surface area contributed by atoms with Gasteiger partial charge in [-0.15, -0.1) is 11.3 Å². The SMILES string of the molecule is c1ccc2c(C3CC3CNCCCCOc3ccc4scnc4c3)cccc2c1. The second-order valence-electron chi connectivity index (χ2n) is 7.91. The minimum atomic E-state index is 0.720. The summed E-state index contributed by atoms with van der Waals surface area (Å²) in [5, 5.41) is 6.44. The van der Waals surface area contributed by atoms with Gasteiger partial charge in [-0.2, -0.15) is 0 Å². The first-order chi connectivity index (χ1) is 14.4. The Kier molecular flexibility index (Phi) is 5.46. The molecule has 2 atom stereocenters. The van der Waals surface area contributed by atoms with Crippen LogP contribution >= 0.6 is 11.3 Å². The normalized spacial score (nSPS) is 18.3. The van der Waals surface area contributed by atoms with Gasteiger partial charge in [0, 0.05) is 6.07 Å². The zero-order valence-corrected chi connectivity index (χ0v) is 17.3. The molecule has 0 radical (unpaired) electrons. The number of rotatable bonds is 9. The fourth-order valence-electron chi connectivity index (χ4n) is 4.18. The van der Waals surface area contributed by atoms with Gasteiger partial charge in [0.15, 0.2) is 0 Å². The number of ether oxygens (including phenoxy) is 1. The van der Waals surface area contributed by atoms with Crippen LogP contribution in [0.1, 0.15) is 30.7 Å². The number of aromatic nitrogens is 1. The largest absolute Gasteiger partial charge is 0.494 e. The molecule has 0 spiro atoms. The monoisotopic (exact) mass is 402 g/mol. The number of unbranched alkanes of at least 4 members (excludes halogenated alkanes) is 1. The fourth-order valence-corrected chi connectivity index (χ4v) is 4.84. The number of nitrogens with one attached hydrogen (secondary N) is 1. The molecule has 2 unspecified atom stereocenters. The van der Waals surface area contributed by atoms with Crippen LogP contribution in [-0.4, -0.2) is 24.7 Å². The highest BCUT2D eigenvalue weighted by atomic mass is 32.1. The lowest BCUT2D eigenvalue weighted by Crippen LogP contribution is -2.19. The maximum Gasteiger partial charge on any atom is 0.121 e. The summed E-state index contributed by atoms with van der Waals surface area (Å²) in [6.07, 6.45) is 3.52. The number of nitrogens with zero attached hydrogens (tertiary/aromatic N) is 1. The Morgan fingerprint density at radius 3 is 2.97 bits per heavy atom. The van der Waals surface area contributed by atoms with E-state index in [-0.39, 0.29) is 0 Å². The van der Waals surface area contributed by atoms with Gasteiger partial charge in [-0.1, -0.05) is 42.5 Å². The van der Waals surface area contributed by atoms with Crippen molar-refractivity contribution in [2.45, 2.75) is 25.2 Å². The highest BCUT2D eigenvalue weighted by Gasteiger charge is 2.38. The molecule has 4 heteroatoms. The first-order valence-corrected chi connectivity index (χ1v) is 11.4. The maximum absolute atomic E-state index is 5.88. The first-order valence-electron chi connectivity index (χ1n) is 10.5. The number of hydrogen-bond acceptors (Lipinski definition) is 4. The molecule has 1 N–H and O–H groups in total. The van der Waals surface area contributed by atoms with Gasteiger partial charge in [0.05, 0.1) is 22.3 Å². The van der Waals surface area contributed by atoms with Crippen molar-refractivity contribution in [3.63, 3.8) is 0 Å². The minimum absolute atomic E-state index is 0.720. The Hall–Kier alpha value is -2.43. The van der Waals surface area contributed by atoms with Crippen LogP contribution in [0.2, 0.25) is 0 Å². The van der Waals surface area contributed by atoms with Gasteiger partial charge in [-0.25, -0.2) is 4.98 Å². The molecule has 0 bridgehead atoms. The lowest BCUT2D eigenvalue weighted by atomic mass is 10.0. The molecule has 4 aromatic rings. The Labute approximate surface area is 175 Å². The van der Waals surface area contributed by atoms with E-state index in [4.69, 9.17) is 4.74 Å². The number of benzene rings is 3. The molecule has 0 aliphatic heterocycles. The third kappa shape index (κ3) is 4.29. The first kappa shape index (κ1) is 18.6. The van der Waals surface area contributed by atoms with E-state index in [1.807, 2.05) is 17.6 Å². The van der Waals surface area contributed by atoms with E-state index in [2.05, 4.69) is 58.8 Å². The molecule has 1 aliphatic rings. The van der Waals surface area contributed by atoms with Crippen LogP contribution in [-0.2, 0) is 0 Å². The predicted octanol–water partition coefficient (Wildman–Crippen LogP) is 6.00. The van der Waals surface area contributed by atoms with Gasteiger partial charge in [-0.05, 0) is 72.7 Å². The van der Waals surface area contributed by atoms with Crippen molar-refractivity contribution in [2.75, 3.05) is 19.7 Å². The van der Waals surface area contributed by atoms with Crippen LogP contribution in [0.3, 0.4) is 0 Å². The fraction of sp³-hybridized carbons (Fsp3) is 0.320. The minimum Gasteiger partial charge on any atom is -0.494 e. The van der Waals surface area contributed by atoms with Crippen LogP contribution in [0, 0.1) is 5.92 Å². The van der Waals surface area contributed by atoms with E-state index >= 15 is 0 Å². The summed E-state index contributed by atoms with van der Waals surface area (Å²) < 4.78 is 7.09. The van der Waals surface area contributed by atoms with E-state index in [0.717, 1.165) is 55.6 Å². The zero-order chi connectivity index (χ0) is 19.5. The third-order valence-electron chi connectivity index (χ3n) is 5.87. The van der Waals surface area contributed by atoms with Crippen molar-refractivity contribution in [1.29, 1.82) is 0 Å². The molecular formula is C25H26N2OS. The topological polar surface area (TPSA) is 34.1 Å². The van der Waals surface area contributed by atoms with Gasteiger partial charge in [0.25, 0.3) is 0 Å². The van der Waals surface area contributed by atoms with E-state index < -0.39 is 0 Å². The van der Waals surface area contributed by atoms with Crippen LogP contribution in [0.5, 0.6) is 5.75 Å². The van der Waals surface area contributed by atoms with Crippen molar-refractivity contribution in [1.82, 2.24) is 10.3 Å². The molecule has 1 aromatic heterocycles. The lowest BCUT2D eigenvalue weighted by molar-refractivity contribution is 0.306. The highest BCUT2D eigenvalue weighted by molar-refractivity contribution is 7.16. The standard InChI is InChI=1S/C25H26N2OS/c1-2-8-21-18(6-1)7-5-9-22(21)23-14-19(23)16-26-12-3-4-13-28-20-10-11-25-24(15-20)27-17-29-25/h1-2,5-11,15,17,19,23,26H,3-4,12-14,16H2. The molecule has 3 nitrogen and oxygen atoms in total. The average Bonchev–Trinajstić information content (AvgIpc) is 3.37. The summed E-state index contributed by atoms with van der Waals surface area (Å²) in [5.41, 5.74) is 4.44. The van der Waals surface area contributed by atoms with Crippen molar-refractivity contribution in [3.05, 3.63) is 71.7 Å². The molecule has 3 aromatic carbocycles. The number of fused-ring (bicyclic) bond motifs is 2. The van der Waals surface area contributed by atoms with Gasteiger partial charge >= 0.3 is 0 Å². The van der Waals surface area contributed by atoms with Crippen LogP contribution < -0.4 is 10.1 Å².